The summed E-state index contributed by atoms with van der Waals surface area (Å²) in [6.07, 6.45) is 0.168. The van der Waals surface area contributed by atoms with Crippen molar-refractivity contribution in [3.63, 3.8) is 0 Å². The highest BCUT2D eigenvalue weighted by Crippen LogP contribution is 2.28. The summed E-state index contributed by atoms with van der Waals surface area (Å²) in [4.78, 5) is 11.8. The molecule has 112 valence electrons. The lowest BCUT2D eigenvalue weighted by Crippen LogP contribution is -2.53. The van der Waals surface area contributed by atoms with Gasteiger partial charge in [0.25, 0.3) is 0 Å². The third kappa shape index (κ3) is 3.04. The Morgan fingerprint density at radius 2 is 1.95 bits per heavy atom. The highest BCUT2D eigenvalue weighted by Gasteiger charge is 2.34. The molecule has 21 heavy (non-hydrogen) atoms. The molecule has 0 bridgehead atoms. The minimum absolute atomic E-state index is 0.168. The van der Waals surface area contributed by atoms with Gasteiger partial charge in [0.2, 0.25) is 0 Å². The van der Waals surface area contributed by atoms with Gasteiger partial charge in [-0.2, -0.15) is 0 Å². The third-order valence-electron chi connectivity index (χ3n) is 3.67. The number of morpholine rings is 1. The van der Waals surface area contributed by atoms with Crippen LogP contribution in [0.5, 0.6) is 0 Å². The monoisotopic (exact) mass is 349 g/mol. The minimum Gasteiger partial charge on any atom is -0.368 e. The molecule has 0 N–H and O–H groups in total. The summed E-state index contributed by atoms with van der Waals surface area (Å²) >= 11 is 3.53. The molecular formula is C16H20BrN3O. The van der Waals surface area contributed by atoms with Crippen LogP contribution in [0.1, 0.15) is 19.5 Å². The van der Waals surface area contributed by atoms with Crippen molar-refractivity contribution in [2.24, 2.45) is 0 Å². The largest absolute Gasteiger partial charge is 0.368 e. The zero-order valence-electron chi connectivity index (χ0n) is 12.6. The number of anilines is 1. The van der Waals surface area contributed by atoms with Crippen molar-refractivity contribution in [1.29, 1.82) is 0 Å². The van der Waals surface area contributed by atoms with Crippen LogP contribution < -0.4 is 4.90 Å². The van der Waals surface area contributed by atoms with Crippen LogP contribution in [0.2, 0.25) is 0 Å². The second kappa shape index (κ2) is 5.54. The average molecular weight is 350 g/mol. The van der Waals surface area contributed by atoms with Crippen molar-refractivity contribution in [1.82, 2.24) is 9.97 Å². The van der Waals surface area contributed by atoms with Gasteiger partial charge in [-0.25, -0.2) is 9.97 Å². The summed E-state index contributed by atoms with van der Waals surface area (Å²) in [6, 6.07) is 8.01. The fourth-order valence-corrected chi connectivity index (χ4v) is 3.25. The fourth-order valence-electron chi connectivity index (χ4n) is 2.92. The lowest BCUT2D eigenvalue weighted by molar-refractivity contribution is -0.0726. The van der Waals surface area contributed by atoms with E-state index in [-0.39, 0.29) is 11.7 Å². The Labute approximate surface area is 133 Å². The maximum Gasteiger partial charge on any atom is 0.150 e. The van der Waals surface area contributed by atoms with Gasteiger partial charge in [-0.15, -0.1) is 0 Å². The topological polar surface area (TPSA) is 38.2 Å². The molecule has 1 saturated heterocycles. The molecule has 0 saturated carbocycles. The van der Waals surface area contributed by atoms with E-state index in [1.165, 1.54) is 0 Å². The second-order valence-corrected chi connectivity index (χ2v) is 6.80. The summed E-state index contributed by atoms with van der Waals surface area (Å²) in [7, 11) is 0. The molecule has 1 aliphatic heterocycles. The maximum absolute atomic E-state index is 6.07. The number of hydrogen-bond donors (Lipinski definition) is 0. The van der Waals surface area contributed by atoms with Crippen molar-refractivity contribution in [3.8, 4) is 0 Å². The first kappa shape index (κ1) is 14.7. The molecule has 1 atom stereocenters. The third-order valence-corrected chi connectivity index (χ3v) is 4.40. The van der Waals surface area contributed by atoms with Crippen LogP contribution in [-0.4, -0.2) is 40.1 Å². The standard InChI is InChI=1S/C16H20BrN3O/c1-11-15(19-14-7-5-4-6-13(14)18-11)20-9-12(8-17)21-16(2,3)10-20/h4-7,12H,8-10H2,1-3H3. The molecule has 1 aromatic heterocycles. The number of benzene rings is 1. The predicted molar refractivity (Wildman–Crippen MR) is 89.2 cm³/mol. The van der Waals surface area contributed by atoms with Crippen molar-refractivity contribution >= 4 is 32.8 Å². The summed E-state index contributed by atoms with van der Waals surface area (Å²) in [5.41, 5.74) is 2.68. The van der Waals surface area contributed by atoms with Crippen molar-refractivity contribution in [3.05, 3.63) is 30.0 Å². The summed E-state index contributed by atoms with van der Waals surface area (Å²) < 4.78 is 6.07. The van der Waals surface area contributed by atoms with E-state index in [0.717, 1.165) is 41.0 Å². The van der Waals surface area contributed by atoms with E-state index in [2.05, 4.69) is 34.7 Å². The fraction of sp³-hybridized carbons (Fsp3) is 0.500. The Balaban J connectivity index is 2.00. The van der Waals surface area contributed by atoms with E-state index < -0.39 is 0 Å². The van der Waals surface area contributed by atoms with Crippen molar-refractivity contribution < 1.29 is 4.74 Å². The van der Waals surface area contributed by atoms with E-state index in [1.54, 1.807) is 0 Å². The Morgan fingerprint density at radius 1 is 1.29 bits per heavy atom. The van der Waals surface area contributed by atoms with Gasteiger partial charge < -0.3 is 9.64 Å². The Morgan fingerprint density at radius 3 is 2.62 bits per heavy atom. The first-order valence-electron chi connectivity index (χ1n) is 7.20. The highest BCUT2D eigenvalue weighted by atomic mass is 79.9. The minimum atomic E-state index is -0.184. The first-order valence-corrected chi connectivity index (χ1v) is 8.33. The van der Waals surface area contributed by atoms with Gasteiger partial charge in [0.15, 0.2) is 5.82 Å². The number of ether oxygens (including phenoxy) is 1. The van der Waals surface area contributed by atoms with Crippen LogP contribution in [0, 0.1) is 6.92 Å². The number of halogens is 1. The second-order valence-electron chi connectivity index (χ2n) is 6.16. The molecule has 1 aliphatic rings. The number of fused-ring (bicyclic) bond motifs is 1. The van der Waals surface area contributed by atoms with Crippen LogP contribution in [0.3, 0.4) is 0 Å². The molecule has 0 radical (unpaired) electrons. The number of aryl methyl sites for hydroxylation is 1. The molecule has 3 rings (SSSR count). The normalized spacial score (nSPS) is 21.7. The van der Waals surface area contributed by atoms with Crippen LogP contribution in [0.15, 0.2) is 24.3 Å². The summed E-state index contributed by atoms with van der Waals surface area (Å²) in [5, 5.41) is 0.826. The van der Waals surface area contributed by atoms with Gasteiger partial charge in [-0.1, -0.05) is 28.1 Å². The molecule has 4 nitrogen and oxygen atoms in total. The van der Waals surface area contributed by atoms with E-state index in [4.69, 9.17) is 14.7 Å². The molecule has 0 aliphatic carbocycles. The molecule has 2 heterocycles. The number of hydrogen-bond acceptors (Lipinski definition) is 4. The number of nitrogens with zero attached hydrogens (tertiary/aromatic N) is 3. The van der Waals surface area contributed by atoms with Crippen LogP contribution in [0.25, 0.3) is 11.0 Å². The smallest absolute Gasteiger partial charge is 0.150 e. The average Bonchev–Trinajstić information content (AvgIpc) is 2.44. The quantitative estimate of drug-likeness (QED) is 0.779. The van der Waals surface area contributed by atoms with Gasteiger partial charge >= 0.3 is 0 Å². The molecule has 1 aromatic carbocycles. The maximum atomic E-state index is 6.07. The number of rotatable bonds is 2. The van der Waals surface area contributed by atoms with Gasteiger partial charge in [0.1, 0.15) is 0 Å². The van der Waals surface area contributed by atoms with Crippen LogP contribution >= 0.6 is 15.9 Å². The Bertz CT molecular complexity index is 659. The lowest BCUT2D eigenvalue weighted by atomic mass is 10.1. The highest BCUT2D eigenvalue weighted by molar-refractivity contribution is 9.09. The van der Waals surface area contributed by atoms with Gasteiger partial charge in [0, 0.05) is 18.4 Å². The van der Waals surface area contributed by atoms with Gasteiger partial charge in [-0.3, -0.25) is 0 Å². The summed E-state index contributed by atoms with van der Waals surface area (Å²) in [5.74, 6) is 0.969. The Hall–Kier alpha value is -1.20. The lowest BCUT2D eigenvalue weighted by Gasteiger charge is -2.43. The van der Waals surface area contributed by atoms with Crippen LogP contribution in [0.4, 0.5) is 5.82 Å². The number of para-hydroxylation sites is 2. The number of alkyl halides is 1. The van der Waals surface area contributed by atoms with E-state index >= 15 is 0 Å². The number of aromatic nitrogens is 2. The van der Waals surface area contributed by atoms with Crippen LogP contribution in [-0.2, 0) is 4.74 Å². The van der Waals surface area contributed by atoms with Gasteiger partial charge in [-0.05, 0) is 32.9 Å². The van der Waals surface area contributed by atoms with Gasteiger partial charge in [0.05, 0.1) is 28.4 Å². The molecule has 2 aromatic rings. The first-order chi connectivity index (χ1) is 9.98. The summed E-state index contributed by atoms with van der Waals surface area (Å²) in [6.45, 7) is 7.94. The van der Waals surface area contributed by atoms with Crippen molar-refractivity contribution in [2.75, 3.05) is 23.3 Å². The molecule has 1 fully saturated rings. The SMILES string of the molecule is Cc1nc2ccccc2nc1N1CC(CBr)OC(C)(C)C1. The molecular weight excluding hydrogens is 330 g/mol. The zero-order valence-corrected chi connectivity index (χ0v) is 14.2. The van der Waals surface area contributed by atoms with E-state index in [1.807, 2.05) is 31.2 Å². The molecule has 0 spiro atoms. The van der Waals surface area contributed by atoms with E-state index in [0.29, 0.717) is 0 Å². The van der Waals surface area contributed by atoms with E-state index in [9.17, 15) is 0 Å². The molecule has 5 heteroatoms. The zero-order chi connectivity index (χ0) is 15.0. The molecule has 0 amide bonds. The van der Waals surface area contributed by atoms with Crippen molar-refractivity contribution in [2.45, 2.75) is 32.5 Å². The predicted octanol–water partition coefficient (Wildman–Crippen LogP) is 3.32. The molecule has 1 unspecified atom stereocenters. The Kier molecular flexibility index (Phi) is 3.88.